The third kappa shape index (κ3) is 5.04. The molecule has 1 aliphatic rings. The SMILES string of the molecule is COc1ccc(CN(Cc2ccc(OC)cc2)S(=O)(=O)C2CCNCC2)cc1. The number of methoxy groups -OCH3 is 2. The summed E-state index contributed by atoms with van der Waals surface area (Å²) in [7, 11) is -0.186. The Hall–Kier alpha value is -2.09. The van der Waals surface area contributed by atoms with Gasteiger partial charge in [0, 0.05) is 13.1 Å². The summed E-state index contributed by atoms with van der Waals surface area (Å²) in [5.74, 6) is 1.51. The Morgan fingerprint density at radius 1 is 0.857 bits per heavy atom. The number of benzene rings is 2. The molecule has 1 aliphatic heterocycles. The Morgan fingerprint density at radius 2 is 1.29 bits per heavy atom. The normalized spacial score (nSPS) is 15.5. The molecule has 0 aliphatic carbocycles. The average molecular weight is 405 g/mol. The highest BCUT2D eigenvalue weighted by Gasteiger charge is 2.33. The van der Waals surface area contributed by atoms with Crippen LogP contribution in [0.4, 0.5) is 0 Å². The topological polar surface area (TPSA) is 67.9 Å². The minimum absolute atomic E-state index is 0.336. The third-order valence-corrected chi connectivity index (χ3v) is 7.40. The van der Waals surface area contributed by atoms with Crippen LogP contribution in [0.15, 0.2) is 48.5 Å². The second-order valence-corrected chi connectivity index (χ2v) is 9.17. The van der Waals surface area contributed by atoms with Gasteiger partial charge in [-0.25, -0.2) is 8.42 Å². The molecule has 0 bridgehead atoms. The molecular formula is C21H28N2O4S. The van der Waals surface area contributed by atoms with Crippen LogP contribution in [-0.4, -0.2) is 45.3 Å². The Morgan fingerprint density at radius 3 is 1.68 bits per heavy atom. The molecule has 0 spiro atoms. The quantitative estimate of drug-likeness (QED) is 0.733. The van der Waals surface area contributed by atoms with E-state index in [9.17, 15) is 8.42 Å². The average Bonchev–Trinajstić information content (AvgIpc) is 2.75. The van der Waals surface area contributed by atoms with Gasteiger partial charge in [0.2, 0.25) is 10.0 Å². The predicted molar refractivity (Wildman–Crippen MR) is 110 cm³/mol. The highest BCUT2D eigenvalue weighted by molar-refractivity contribution is 7.89. The van der Waals surface area contributed by atoms with E-state index >= 15 is 0 Å². The van der Waals surface area contributed by atoms with Gasteiger partial charge in [0.15, 0.2) is 0 Å². The van der Waals surface area contributed by atoms with Crippen molar-refractivity contribution >= 4 is 10.0 Å². The van der Waals surface area contributed by atoms with Crippen LogP contribution in [0.1, 0.15) is 24.0 Å². The van der Waals surface area contributed by atoms with Crippen molar-refractivity contribution < 1.29 is 17.9 Å². The Labute approximate surface area is 167 Å². The lowest BCUT2D eigenvalue weighted by molar-refractivity contribution is 0.379. The van der Waals surface area contributed by atoms with Gasteiger partial charge in [0.1, 0.15) is 11.5 Å². The molecule has 152 valence electrons. The van der Waals surface area contributed by atoms with Crippen LogP contribution in [0.5, 0.6) is 11.5 Å². The maximum Gasteiger partial charge on any atom is 0.217 e. The number of nitrogens with one attached hydrogen (secondary N) is 1. The molecule has 28 heavy (non-hydrogen) atoms. The minimum atomic E-state index is -3.42. The summed E-state index contributed by atoms with van der Waals surface area (Å²) in [6.45, 7) is 2.15. The number of nitrogens with zero attached hydrogens (tertiary/aromatic N) is 1. The molecule has 7 heteroatoms. The molecule has 2 aromatic rings. The summed E-state index contributed by atoms with van der Waals surface area (Å²) in [5, 5.41) is 2.90. The number of hydrogen-bond acceptors (Lipinski definition) is 5. The zero-order chi connectivity index (χ0) is 20.0. The van der Waals surface area contributed by atoms with Crippen LogP contribution in [0.3, 0.4) is 0 Å². The van der Waals surface area contributed by atoms with Crippen LogP contribution in [-0.2, 0) is 23.1 Å². The van der Waals surface area contributed by atoms with Gasteiger partial charge in [-0.15, -0.1) is 0 Å². The first kappa shape index (κ1) is 20.6. The molecule has 6 nitrogen and oxygen atoms in total. The molecule has 2 aromatic carbocycles. The van der Waals surface area contributed by atoms with Gasteiger partial charge in [0.05, 0.1) is 19.5 Å². The molecule has 0 atom stereocenters. The first-order chi connectivity index (χ1) is 13.5. The van der Waals surface area contributed by atoms with Crippen molar-refractivity contribution in [2.75, 3.05) is 27.3 Å². The Kier molecular flexibility index (Phi) is 6.93. The van der Waals surface area contributed by atoms with Crippen molar-refractivity contribution in [1.82, 2.24) is 9.62 Å². The van der Waals surface area contributed by atoms with Gasteiger partial charge in [-0.05, 0) is 61.3 Å². The fraction of sp³-hybridized carbons (Fsp3) is 0.429. The van der Waals surface area contributed by atoms with Crippen molar-refractivity contribution in [2.24, 2.45) is 0 Å². The van der Waals surface area contributed by atoms with E-state index in [2.05, 4.69) is 5.32 Å². The summed E-state index contributed by atoms with van der Waals surface area (Å²) in [4.78, 5) is 0. The van der Waals surface area contributed by atoms with Crippen molar-refractivity contribution in [3.63, 3.8) is 0 Å². The molecule has 1 heterocycles. The Bertz CT molecular complexity index is 795. The number of hydrogen-bond donors (Lipinski definition) is 1. The first-order valence-electron chi connectivity index (χ1n) is 9.48. The van der Waals surface area contributed by atoms with E-state index in [1.54, 1.807) is 18.5 Å². The molecule has 0 radical (unpaired) electrons. The maximum absolute atomic E-state index is 13.4. The van der Waals surface area contributed by atoms with Crippen LogP contribution in [0.25, 0.3) is 0 Å². The second-order valence-electron chi connectivity index (χ2n) is 6.96. The van der Waals surface area contributed by atoms with Crippen molar-refractivity contribution in [1.29, 1.82) is 0 Å². The van der Waals surface area contributed by atoms with Crippen LogP contribution in [0.2, 0.25) is 0 Å². The standard InChI is InChI=1S/C21H28N2O4S/c1-26-19-7-3-17(4-8-19)15-23(16-18-5-9-20(27-2)10-6-18)28(24,25)21-11-13-22-14-12-21/h3-10,21-22H,11-16H2,1-2H3. The van der Waals surface area contributed by atoms with Crippen LogP contribution in [0, 0.1) is 0 Å². The molecule has 1 saturated heterocycles. The zero-order valence-electron chi connectivity index (χ0n) is 16.4. The van der Waals surface area contributed by atoms with Crippen molar-refractivity contribution in [3.05, 3.63) is 59.7 Å². The summed E-state index contributed by atoms with van der Waals surface area (Å²) in [5.41, 5.74) is 1.87. The van der Waals surface area contributed by atoms with Gasteiger partial charge >= 0.3 is 0 Å². The largest absolute Gasteiger partial charge is 0.497 e. The van der Waals surface area contributed by atoms with Crippen molar-refractivity contribution in [2.45, 2.75) is 31.2 Å². The number of sulfonamides is 1. The van der Waals surface area contributed by atoms with E-state index in [-0.39, 0.29) is 5.25 Å². The van der Waals surface area contributed by atoms with Crippen molar-refractivity contribution in [3.8, 4) is 11.5 Å². The van der Waals surface area contributed by atoms with Gasteiger partial charge in [0.25, 0.3) is 0 Å². The van der Waals surface area contributed by atoms with Gasteiger partial charge in [-0.2, -0.15) is 4.31 Å². The molecule has 1 N–H and O–H groups in total. The Balaban J connectivity index is 1.84. The lowest BCUT2D eigenvalue weighted by Gasteiger charge is -2.30. The lowest BCUT2D eigenvalue weighted by atomic mass is 10.2. The summed E-state index contributed by atoms with van der Waals surface area (Å²) >= 11 is 0. The lowest BCUT2D eigenvalue weighted by Crippen LogP contribution is -2.43. The molecule has 0 amide bonds. The second kappa shape index (κ2) is 9.41. The van der Waals surface area contributed by atoms with E-state index in [0.717, 1.165) is 35.7 Å². The van der Waals surface area contributed by atoms with Gasteiger partial charge in [-0.3, -0.25) is 0 Å². The van der Waals surface area contributed by atoms with E-state index in [1.807, 2.05) is 48.5 Å². The molecule has 1 fully saturated rings. The smallest absolute Gasteiger partial charge is 0.217 e. The summed E-state index contributed by atoms with van der Waals surface area (Å²) in [6, 6.07) is 15.1. The first-order valence-corrected chi connectivity index (χ1v) is 11.0. The van der Waals surface area contributed by atoms with Crippen LogP contribution >= 0.6 is 0 Å². The summed E-state index contributed by atoms with van der Waals surface area (Å²) < 4.78 is 38.8. The van der Waals surface area contributed by atoms with Gasteiger partial charge in [-0.1, -0.05) is 24.3 Å². The highest BCUT2D eigenvalue weighted by Crippen LogP contribution is 2.24. The third-order valence-electron chi connectivity index (χ3n) is 5.10. The highest BCUT2D eigenvalue weighted by atomic mass is 32.2. The van der Waals surface area contributed by atoms with E-state index in [0.29, 0.717) is 25.9 Å². The minimum Gasteiger partial charge on any atom is -0.497 e. The molecule has 0 aromatic heterocycles. The molecule has 0 unspecified atom stereocenters. The number of ether oxygens (including phenoxy) is 2. The monoisotopic (exact) mass is 404 g/mol. The summed E-state index contributed by atoms with van der Waals surface area (Å²) in [6.07, 6.45) is 1.29. The number of rotatable bonds is 8. The van der Waals surface area contributed by atoms with E-state index < -0.39 is 10.0 Å². The molecular weight excluding hydrogens is 376 g/mol. The van der Waals surface area contributed by atoms with Crippen LogP contribution < -0.4 is 14.8 Å². The van der Waals surface area contributed by atoms with E-state index in [4.69, 9.17) is 9.47 Å². The van der Waals surface area contributed by atoms with Gasteiger partial charge < -0.3 is 14.8 Å². The zero-order valence-corrected chi connectivity index (χ0v) is 17.2. The maximum atomic E-state index is 13.4. The molecule has 3 rings (SSSR count). The fourth-order valence-electron chi connectivity index (χ4n) is 3.41. The van der Waals surface area contributed by atoms with E-state index in [1.165, 1.54) is 0 Å². The fourth-order valence-corrected chi connectivity index (χ4v) is 5.32. The molecule has 0 saturated carbocycles. The predicted octanol–water partition coefficient (Wildman–Crippen LogP) is 2.79. The number of piperidine rings is 1.